The molecule has 0 unspecified atom stereocenters. The minimum absolute atomic E-state index is 0.0266. The number of carbonyl (C=O) groups is 1. The highest BCUT2D eigenvalue weighted by Gasteiger charge is 2.10. The molecule has 1 aromatic carbocycles. The number of hydrogen-bond acceptors (Lipinski definition) is 2. The lowest BCUT2D eigenvalue weighted by Crippen LogP contribution is -2.37. The smallest absolute Gasteiger partial charge is 0.234 e. The molecular weight excluding hydrogens is 245 g/mol. The average Bonchev–Trinajstić information content (AvgIpc) is 2.24. The Bertz CT molecular complexity index is 412. The molecule has 0 aromatic heterocycles. The number of amides is 1. The van der Waals surface area contributed by atoms with Crippen LogP contribution in [0.4, 0.5) is 13.2 Å². The molecule has 0 aliphatic heterocycles. The fraction of sp³-hybridized carbons (Fsp3) is 0.417. The molecule has 1 rings (SSSR count). The lowest BCUT2D eigenvalue weighted by molar-refractivity contribution is -0.120. The van der Waals surface area contributed by atoms with E-state index in [-0.39, 0.29) is 30.6 Å². The van der Waals surface area contributed by atoms with Crippen LogP contribution in [-0.4, -0.2) is 18.5 Å². The average molecular weight is 260 g/mol. The van der Waals surface area contributed by atoms with Crippen LogP contribution in [0.5, 0.6) is 0 Å². The van der Waals surface area contributed by atoms with Crippen LogP contribution < -0.4 is 10.6 Å². The van der Waals surface area contributed by atoms with Crippen LogP contribution in [0, 0.1) is 17.5 Å². The van der Waals surface area contributed by atoms with Crippen molar-refractivity contribution in [1.29, 1.82) is 0 Å². The van der Waals surface area contributed by atoms with Gasteiger partial charge in [-0.3, -0.25) is 4.79 Å². The van der Waals surface area contributed by atoms with E-state index in [0.717, 1.165) is 12.1 Å². The van der Waals surface area contributed by atoms with E-state index < -0.39 is 17.5 Å². The highest BCUT2D eigenvalue weighted by Crippen LogP contribution is 2.13. The summed E-state index contributed by atoms with van der Waals surface area (Å²) in [7, 11) is 0. The molecule has 0 fully saturated rings. The molecule has 0 radical (unpaired) electrons. The fourth-order valence-electron chi connectivity index (χ4n) is 1.40. The third-order valence-electron chi connectivity index (χ3n) is 2.11. The zero-order chi connectivity index (χ0) is 13.7. The second-order valence-corrected chi connectivity index (χ2v) is 4.20. The molecule has 18 heavy (non-hydrogen) atoms. The molecule has 0 saturated heterocycles. The predicted octanol–water partition coefficient (Wildman–Crippen LogP) is 1.72. The first-order valence-corrected chi connectivity index (χ1v) is 5.53. The van der Waals surface area contributed by atoms with Crippen LogP contribution in [0.15, 0.2) is 12.1 Å². The molecule has 3 nitrogen and oxygen atoms in total. The van der Waals surface area contributed by atoms with Crippen molar-refractivity contribution in [3.8, 4) is 0 Å². The van der Waals surface area contributed by atoms with Gasteiger partial charge in [-0.25, -0.2) is 13.2 Å². The van der Waals surface area contributed by atoms with Crippen molar-refractivity contribution < 1.29 is 18.0 Å². The Kier molecular flexibility index (Phi) is 5.15. The molecule has 0 spiro atoms. The summed E-state index contributed by atoms with van der Waals surface area (Å²) in [5.41, 5.74) is 0.240. The molecule has 0 atom stereocenters. The van der Waals surface area contributed by atoms with Gasteiger partial charge in [-0.1, -0.05) is 0 Å². The van der Waals surface area contributed by atoms with Crippen molar-refractivity contribution in [3.05, 3.63) is 35.1 Å². The summed E-state index contributed by atoms with van der Waals surface area (Å²) < 4.78 is 38.4. The van der Waals surface area contributed by atoms with E-state index in [1.54, 1.807) is 0 Å². The van der Waals surface area contributed by atoms with Crippen molar-refractivity contribution in [1.82, 2.24) is 10.6 Å². The van der Waals surface area contributed by atoms with Crippen molar-refractivity contribution >= 4 is 5.91 Å². The molecule has 0 aliphatic rings. The van der Waals surface area contributed by atoms with Gasteiger partial charge >= 0.3 is 0 Å². The zero-order valence-electron chi connectivity index (χ0n) is 10.2. The first-order chi connectivity index (χ1) is 8.40. The van der Waals surface area contributed by atoms with Gasteiger partial charge in [-0.2, -0.15) is 0 Å². The van der Waals surface area contributed by atoms with Gasteiger partial charge < -0.3 is 10.6 Å². The van der Waals surface area contributed by atoms with Crippen LogP contribution in [0.25, 0.3) is 0 Å². The Hall–Kier alpha value is -1.56. The third-order valence-corrected chi connectivity index (χ3v) is 2.11. The molecule has 100 valence electrons. The van der Waals surface area contributed by atoms with Crippen molar-refractivity contribution in [2.24, 2.45) is 0 Å². The largest absolute Gasteiger partial charge is 0.353 e. The standard InChI is InChI=1S/C12H15F3N2O/c1-7(2)17-11(18)6-16-5-8-3-9(13)12(15)10(14)4-8/h3-4,7,16H,5-6H2,1-2H3,(H,17,18). The lowest BCUT2D eigenvalue weighted by atomic mass is 10.2. The number of benzene rings is 1. The number of carbonyl (C=O) groups excluding carboxylic acids is 1. The van der Waals surface area contributed by atoms with Crippen LogP contribution >= 0.6 is 0 Å². The van der Waals surface area contributed by atoms with Crippen LogP contribution in [-0.2, 0) is 11.3 Å². The molecule has 1 amide bonds. The van der Waals surface area contributed by atoms with E-state index in [2.05, 4.69) is 10.6 Å². The van der Waals surface area contributed by atoms with Gasteiger partial charge in [-0.15, -0.1) is 0 Å². The van der Waals surface area contributed by atoms with E-state index in [9.17, 15) is 18.0 Å². The van der Waals surface area contributed by atoms with Crippen LogP contribution in [0.1, 0.15) is 19.4 Å². The maximum absolute atomic E-state index is 12.9. The number of rotatable bonds is 5. The number of hydrogen-bond donors (Lipinski definition) is 2. The highest BCUT2D eigenvalue weighted by molar-refractivity contribution is 5.78. The van der Waals surface area contributed by atoms with E-state index in [1.165, 1.54) is 0 Å². The summed E-state index contributed by atoms with van der Waals surface area (Å²) in [6, 6.07) is 1.82. The van der Waals surface area contributed by atoms with E-state index in [4.69, 9.17) is 0 Å². The summed E-state index contributed by atoms with van der Waals surface area (Å²) in [6.45, 7) is 3.75. The first kappa shape index (κ1) is 14.5. The second-order valence-electron chi connectivity index (χ2n) is 4.20. The molecule has 0 aliphatic carbocycles. The van der Waals surface area contributed by atoms with Gasteiger partial charge in [0.25, 0.3) is 0 Å². The fourth-order valence-corrected chi connectivity index (χ4v) is 1.40. The number of halogens is 3. The summed E-state index contributed by atoms with van der Waals surface area (Å²) in [6.07, 6.45) is 0. The van der Waals surface area contributed by atoms with E-state index in [0.29, 0.717) is 0 Å². The van der Waals surface area contributed by atoms with Gasteiger partial charge in [-0.05, 0) is 31.5 Å². The van der Waals surface area contributed by atoms with E-state index in [1.807, 2.05) is 13.8 Å². The Labute approximate surface area is 103 Å². The Morgan fingerprint density at radius 1 is 1.22 bits per heavy atom. The zero-order valence-corrected chi connectivity index (χ0v) is 10.2. The molecule has 0 bridgehead atoms. The lowest BCUT2D eigenvalue weighted by Gasteiger charge is -2.09. The minimum atomic E-state index is -1.49. The topological polar surface area (TPSA) is 41.1 Å². The number of nitrogens with one attached hydrogen (secondary N) is 2. The first-order valence-electron chi connectivity index (χ1n) is 5.53. The summed E-state index contributed by atoms with van der Waals surface area (Å²) >= 11 is 0. The SMILES string of the molecule is CC(C)NC(=O)CNCc1cc(F)c(F)c(F)c1. The second kappa shape index (κ2) is 6.39. The third kappa shape index (κ3) is 4.37. The molecule has 0 heterocycles. The van der Waals surface area contributed by atoms with Crippen LogP contribution in [0.3, 0.4) is 0 Å². The molecule has 0 saturated carbocycles. The van der Waals surface area contributed by atoms with Crippen LogP contribution in [0.2, 0.25) is 0 Å². The van der Waals surface area contributed by atoms with Gasteiger partial charge in [0.15, 0.2) is 17.5 Å². The minimum Gasteiger partial charge on any atom is -0.353 e. The van der Waals surface area contributed by atoms with Gasteiger partial charge in [0.2, 0.25) is 5.91 Å². The highest BCUT2D eigenvalue weighted by atomic mass is 19.2. The molecule has 2 N–H and O–H groups in total. The summed E-state index contributed by atoms with van der Waals surface area (Å²) in [5.74, 6) is -4.18. The van der Waals surface area contributed by atoms with Crippen molar-refractivity contribution in [2.75, 3.05) is 6.54 Å². The van der Waals surface area contributed by atoms with Crippen molar-refractivity contribution in [3.63, 3.8) is 0 Å². The Morgan fingerprint density at radius 3 is 2.28 bits per heavy atom. The van der Waals surface area contributed by atoms with E-state index >= 15 is 0 Å². The maximum Gasteiger partial charge on any atom is 0.234 e. The van der Waals surface area contributed by atoms with Crippen molar-refractivity contribution in [2.45, 2.75) is 26.4 Å². The van der Waals surface area contributed by atoms with Gasteiger partial charge in [0.1, 0.15) is 0 Å². The van der Waals surface area contributed by atoms with Gasteiger partial charge in [0.05, 0.1) is 6.54 Å². The normalized spacial score (nSPS) is 10.8. The Balaban J connectivity index is 2.47. The maximum atomic E-state index is 12.9. The monoisotopic (exact) mass is 260 g/mol. The quantitative estimate of drug-likeness (QED) is 0.791. The predicted molar refractivity (Wildman–Crippen MR) is 61.3 cm³/mol. The summed E-state index contributed by atoms with van der Waals surface area (Å²) in [4.78, 5) is 11.2. The summed E-state index contributed by atoms with van der Waals surface area (Å²) in [5, 5.41) is 5.36. The van der Waals surface area contributed by atoms with Gasteiger partial charge in [0, 0.05) is 12.6 Å². The molecule has 6 heteroatoms. The molecular formula is C12H15F3N2O. The molecule has 1 aromatic rings. The Morgan fingerprint density at radius 2 is 1.78 bits per heavy atom.